The van der Waals surface area contributed by atoms with Gasteiger partial charge < -0.3 is 9.73 Å². The second-order valence-corrected chi connectivity index (χ2v) is 7.17. The molecule has 2 aromatic heterocycles. The van der Waals surface area contributed by atoms with Crippen molar-refractivity contribution in [2.24, 2.45) is 0 Å². The fourth-order valence-electron chi connectivity index (χ4n) is 2.81. The predicted molar refractivity (Wildman–Crippen MR) is 109 cm³/mol. The van der Waals surface area contributed by atoms with Gasteiger partial charge in [-0.05, 0) is 38.1 Å². The van der Waals surface area contributed by atoms with Gasteiger partial charge in [-0.2, -0.15) is 0 Å². The smallest absolute Gasteiger partial charge is 0.320 e. The Morgan fingerprint density at radius 3 is 2.61 bits per heavy atom. The van der Waals surface area contributed by atoms with Gasteiger partial charge in [0.25, 0.3) is 5.56 Å². The zero-order valence-electron chi connectivity index (χ0n) is 15.0. The summed E-state index contributed by atoms with van der Waals surface area (Å²) in [6.07, 6.45) is 0. The van der Waals surface area contributed by atoms with Crippen LogP contribution in [0.5, 0.6) is 0 Å². The van der Waals surface area contributed by atoms with Crippen LogP contribution in [0.15, 0.2) is 45.6 Å². The summed E-state index contributed by atoms with van der Waals surface area (Å²) in [6.45, 7) is 3.81. The number of halogens is 2. The highest BCUT2D eigenvalue weighted by Crippen LogP contribution is 2.25. The number of nitrogens with zero attached hydrogens (tertiary/aromatic N) is 4. The first kappa shape index (κ1) is 18.5. The van der Waals surface area contributed by atoms with Crippen LogP contribution in [0.2, 0.25) is 10.0 Å². The van der Waals surface area contributed by atoms with Crippen molar-refractivity contribution in [1.29, 1.82) is 0 Å². The van der Waals surface area contributed by atoms with Crippen molar-refractivity contribution in [2.45, 2.75) is 20.4 Å². The highest BCUT2D eigenvalue weighted by atomic mass is 35.5. The van der Waals surface area contributed by atoms with E-state index < -0.39 is 0 Å². The Balaban J connectivity index is 1.64. The molecule has 7 nitrogen and oxygen atoms in total. The largest absolute Gasteiger partial charge is 0.406 e. The molecule has 0 atom stereocenters. The maximum absolute atomic E-state index is 12.9. The molecule has 2 aromatic carbocycles. The molecule has 4 rings (SSSR count). The van der Waals surface area contributed by atoms with E-state index in [1.165, 1.54) is 4.57 Å². The highest BCUT2D eigenvalue weighted by molar-refractivity contribution is 6.38. The quantitative estimate of drug-likeness (QED) is 0.528. The lowest BCUT2D eigenvalue weighted by Crippen LogP contribution is -2.24. The number of hydrogen-bond donors (Lipinski definition) is 1. The van der Waals surface area contributed by atoms with E-state index in [-0.39, 0.29) is 24.0 Å². The number of benzene rings is 2. The first-order valence-corrected chi connectivity index (χ1v) is 9.18. The van der Waals surface area contributed by atoms with Crippen LogP contribution in [0.4, 0.5) is 11.7 Å². The van der Waals surface area contributed by atoms with Crippen molar-refractivity contribution in [2.75, 3.05) is 5.32 Å². The summed E-state index contributed by atoms with van der Waals surface area (Å²) in [4.78, 5) is 17.3. The summed E-state index contributed by atoms with van der Waals surface area (Å²) >= 11 is 12.2. The molecule has 0 fully saturated rings. The highest BCUT2D eigenvalue weighted by Gasteiger charge is 2.15. The molecule has 142 valence electrons. The number of aryl methyl sites for hydroxylation is 2. The normalized spacial score (nSPS) is 11.1. The van der Waals surface area contributed by atoms with Crippen molar-refractivity contribution in [3.63, 3.8) is 0 Å². The van der Waals surface area contributed by atoms with Gasteiger partial charge >= 0.3 is 6.01 Å². The molecular weight excluding hydrogens is 401 g/mol. The molecule has 2 heterocycles. The Morgan fingerprint density at radius 2 is 1.86 bits per heavy atom. The maximum atomic E-state index is 12.9. The van der Waals surface area contributed by atoms with E-state index in [9.17, 15) is 4.79 Å². The first-order chi connectivity index (χ1) is 13.4. The van der Waals surface area contributed by atoms with E-state index in [1.54, 1.807) is 19.1 Å². The van der Waals surface area contributed by atoms with E-state index in [2.05, 4.69) is 20.5 Å². The average molecular weight is 416 g/mol. The van der Waals surface area contributed by atoms with Crippen LogP contribution in [0.1, 0.15) is 17.3 Å². The number of hydrogen-bond acceptors (Lipinski definition) is 6. The molecule has 28 heavy (non-hydrogen) atoms. The van der Waals surface area contributed by atoms with Crippen LogP contribution in [0.25, 0.3) is 10.9 Å². The lowest BCUT2D eigenvalue weighted by Gasteiger charge is -2.09. The van der Waals surface area contributed by atoms with E-state index in [4.69, 9.17) is 27.6 Å². The third kappa shape index (κ3) is 3.58. The third-order valence-corrected chi connectivity index (χ3v) is 4.74. The number of anilines is 2. The molecule has 9 heteroatoms. The fraction of sp³-hybridized carbons (Fsp3) is 0.158. The average Bonchev–Trinajstić information content (AvgIpc) is 3.09. The summed E-state index contributed by atoms with van der Waals surface area (Å²) in [7, 11) is 0. The summed E-state index contributed by atoms with van der Waals surface area (Å²) in [5.41, 5.74) is 2.11. The number of fused-ring (bicyclic) bond motifs is 1. The van der Waals surface area contributed by atoms with Gasteiger partial charge in [-0.15, -0.1) is 5.10 Å². The van der Waals surface area contributed by atoms with Crippen molar-refractivity contribution in [3.05, 3.63) is 74.1 Å². The molecule has 0 aliphatic heterocycles. The van der Waals surface area contributed by atoms with Gasteiger partial charge in [-0.3, -0.25) is 9.36 Å². The second kappa shape index (κ2) is 7.26. The van der Waals surface area contributed by atoms with Crippen molar-refractivity contribution in [1.82, 2.24) is 19.7 Å². The molecule has 0 aliphatic rings. The number of rotatable bonds is 4. The Kier molecular flexibility index (Phi) is 4.78. The molecule has 0 bridgehead atoms. The summed E-state index contributed by atoms with van der Waals surface area (Å²) < 4.78 is 7.06. The monoisotopic (exact) mass is 415 g/mol. The molecule has 0 spiro atoms. The first-order valence-electron chi connectivity index (χ1n) is 8.43. The third-order valence-electron chi connectivity index (χ3n) is 4.23. The topological polar surface area (TPSA) is 85.8 Å². The van der Waals surface area contributed by atoms with Crippen LogP contribution in [-0.2, 0) is 6.54 Å². The minimum absolute atomic E-state index is 0.0836. The van der Waals surface area contributed by atoms with Crippen LogP contribution in [-0.4, -0.2) is 19.7 Å². The van der Waals surface area contributed by atoms with E-state index in [1.807, 2.05) is 31.2 Å². The van der Waals surface area contributed by atoms with Crippen LogP contribution < -0.4 is 10.9 Å². The molecule has 0 saturated heterocycles. The lowest BCUT2D eigenvalue weighted by molar-refractivity contribution is 0.482. The Morgan fingerprint density at radius 1 is 1.11 bits per heavy atom. The van der Waals surface area contributed by atoms with Crippen LogP contribution >= 0.6 is 23.2 Å². The summed E-state index contributed by atoms with van der Waals surface area (Å²) in [6, 6.07) is 11.1. The van der Waals surface area contributed by atoms with E-state index in [0.717, 1.165) is 11.3 Å². The van der Waals surface area contributed by atoms with Crippen LogP contribution in [0, 0.1) is 13.8 Å². The van der Waals surface area contributed by atoms with Crippen molar-refractivity contribution >= 4 is 45.8 Å². The minimum Gasteiger partial charge on any atom is -0.406 e. The maximum Gasteiger partial charge on any atom is 0.320 e. The molecule has 0 unspecified atom stereocenters. The fourth-order valence-corrected chi connectivity index (χ4v) is 3.34. The molecule has 1 N–H and O–H groups in total. The Bertz CT molecular complexity index is 1230. The SMILES string of the molecule is Cc1ccc(Nc2nnc(Cn3c(C)nc4c(Cl)cc(Cl)cc4c3=O)o2)cc1. The van der Waals surface area contributed by atoms with Crippen LogP contribution in [0.3, 0.4) is 0 Å². The number of aromatic nitrogens is 4. The number of nitrogens with one attached hydrogen (secondary N) is 1. The Labute approximate surface area is 169 Å². The van der Waals surface area contributed by atoms with Gasteiger partial charge in [-0.25, -0.2) is 4.98 Å². The minimum atomic E-state index is -0.279. The standard InChI is InChI=1S/C19H15Cl2N5O2/c1-10-3-5-13(6-4-10)23-19-25-24-16(28-19)9-26-11(2)22-17-14(18(26)27)7-12(20)8-15(17)21/h3-8H,9H2,1-2H3,(H,23,25). The Hall–Kier alpha value is -2.90. The van der Waals surface area contributed by atoms with Gasteiger partial charge in [0, 0.05) is 10.7 Å². The molecule has 4 aromatic rings. The molecule has 0 saturated carbocycles. The lowest BCUT2D eigenvalue weighted by atomic mass is 10.2. The second-order valence-electron chi connectivity index (χ2n) is 6.33. The van der Waals surface area contributed by atoms with Gasteiger partial charge in [-0.1, -0.05) is 46.0 Å². The van der Waals surface area contributed by atoms with Gasteiger partial charge in [0.2, 0.25) is 5.89 Å². The van der Waals surface area contributed by atoms with Gasteiger partial charge in [0.15, 0.2) is 0 Å². The predicted octanol–water partition coefficient (Wildman–Crippen LogP) is 4.50. The van der Waals surface area contributed by atoms with Gasteiger partial charge in [0.05, 0.1) is 15.9 Å². The van der Waals surface area contributed by atoms with Crippen molar-refractivity contribution < 1.29 is 4.42 Å². The van der Waals surface area contributed by atoms with E-state index in [0.29, 0.717) is 26.8 Å². The molecule has 0 aliphatic carbocycles. The van der Waals surface area contributed by atoms with E-state index >= 15 is 0 Å². The summed E-state index contributed by atoms with van der Waals surface area (Å²) in [5.74, 6) is 0.752. The summed E-state index contributed by atoms with van der Waals surface area (Å²) in [5, 5.41) is 12.0. The molecule has 0 amide bonds. The zero-order chi connectivity index (χ0) is 19.8. The molecule has 0 radical (unpaired) electrons. The van der Waals surface area contributed by atoms with Crippen molar-refractivity contribution in [3.8, 4) is 0 Å². The van der Waals surface area contributed by atoms with Gasteiger partial charge in [0.1, 0.15) is 12.4 Å². The molecular formula is C19H15Cl2N5O2. The zero-order valence-corrected chi connectivity index (χ0v) is 16.5.